The Labute approximate surface area is 95.9 Å². The Morgan fingerprint density at radius 1 is 1.25 bits per heavy atom. The van der Waals surface area contributed by atoms with Gasteiger partial charge in [0.25, 0.3) is 0 Å². The smallest absolute Gasteiger partial charge is 0.346 e. The second-order valence-electron chi connectivity index (χ2n) is 3.08. The molecule has 0 atom stereocenters. The first kappa shape index (κ1) is 10.5. The Morgan fingerprint density at radius 3 is 2.50 bits per heavy atom. The van der Waals surface area contributed by atoms with E-state index in [4.69, 9.17) is 15.6 Å². The summed E-state index contributed by atoms with van der Waals surface area (Å²) in [6, 6.07) is 7.52. The van der Waals surface area contributed by atoms with E-state index >= 15 is 0 Å². The van der Waals surface area contributed by atoms with Gasteiger partial charge >= 0.3 is 5.97 Å². The number of phenolic OH excluding ortho intramolecular Hbond substituents is 1. The molecule has 0 amide bonds. The fourth-order valence-electron chi connectivity index (χ4n) is 1.17. The molecule has 0 saturated heterocycles. The predicted molar refractivity (Wildman–Crippen MR) is 61.8 cm³/mol. The standard InChI is InChI=1S/C11H9NO3S/c12-10-9(5-6-16-10)11(14)15-8-3-1-7(13)2-4-8/h1-6,13H,12H2. The van der Waals surface area contributed by atoms with Crippen LogP contribution in [0, 0.1) is 0 Å². The summed E-state index contributed by atoms with van der Waals surface area (Å²) in [4.78, 5) is 11.6. The number of esters is 1. The molecule has 0 aliphatic carbocycles. The molecule has 1 aromatic carbocycles. The van der Waals surface area contributed by atoms with Crippen molar-refractivity contribution in [1.29, 1.82) is 0 Å². The Balaban J connectivity index is 2.14. The molecule has 3 N–H and O–H groups in total. The van der Waals surface area contributed by atoms with Gasteiger partial charge in [0.1, 0.15) is 16.5 Å². The summed E-state index contributed by atoms with van der Waals surface area (Å²) in [5.41, 5.74) is 5.96. The zero-order valence-corrected chi connectivity index (χ0v) is 9.03. The van der Waals surface area contributed by atoms with E-state index in [9.17, 15) is 4.79 Å². The number of nitrogens with two attached hydrogens (primary N) is 1. The molecule has 82 valence electrons. The number of phenols is 1. The highest BCUT2D eigenvalue weighted by Crippen LogP contribution is 2.22. The van der Waals surface area contributed by atoms with E-state index in [1.807, 2.05) is 0 Å². The lowest BCUT2D eigenvalue weighted by Gasteiger charge is -2.03. The lowest BCUT2D eigenvalue weighted by molar-refractivity contribution is 0.0736. The van der Waals surface area contributed by atoms with Crippen molar-refractivity contribution in [3.8, 4) is 11.5 Å². The van der Waals surface area contributed by atoms with Crippen LogP contribution in [0.25, 0.3) is 0 Å². The van der Waals surface area contributed by atoms with Gasteiger partial charge in [0, 0.05) is 0 Å². The van der Waals surface area contributed by atoms with Gasteiger partial charge in [0.05, 0.1) is 5.56 Å². The van der Waals surface area contributed by atoms with E-state index in [-0.39, 0.29) is 5.75 Å². The lowest BCUT2D eigenvalue weighted by Crippen LogP contribution is -2.09. The average molecular weight is 235 g/mol. The Morgan fingerprint density at radius 2 is 1.94 bits per heavy atom. The van der Waals surface area contributed by atoms with Crippen molar-refractivity contribution in [1.82, 2.24) is 0 Å². The number of benzene rings is 1. The molecular weight excluding hydrogens is 226 g/mol. The van der Waals surface area contributed by atoms with Gasteiger partial charge in [0.15, 0.2) is 0 Å². The first-order valence-electron chi connectivity index (χ1n) is 4.51. The van der Waals surface area contributed by atoms with Crippen molar-refractivity contribution >= 4 is 22.3 Å². The van der Waals surface area contributed by atoms with E-state index in [1.165, 1.54) is 35.6 Å². The van der Waals surface area contributed by atoms with E-state index in [0.717, 1.165) is 0 Å². The van der Waals surface area contributed by atoms with Crippen LogP contribution >= 0.6 is 11.3 Å². The highest BCUT2D eigenvalue weighted by Gasteiger charge is 2.12. The molecule has 16 heavy (non-hydrogen) atoms. The number of ether oxygens (including phenoxy) is 1. The van der Waals surface area contributed by atoms with Gasteiger partial charge in [-0.2, -0.15) is 0 Å². The molecule has 0 spiro atoms. The molecule has 4 nitrogen and oxygen atoms in total. The zero-order valence-electron chi connectivity index (χ0n) is 8.21. The molecule has 0 aliphatic rings. The van der Waals surface area contributed by atoms with Crippen molar-refractivity contribution in [2.75, 3.05) is 5.73 Å². The number of carbonyl (C=O) groups excluding carboxylic acids is 1. The number of aromatic hydroxyl groups is 1. The Bertz CT molecular complexity index is 504. The number of hydrogen-bond acceptors (Lipinski definition) is 5. The van der Waals surface area contributed by atoms with Gasteiger partial charge in [-0.25, -0.2) is 4.79 Å². The van der Waals surface area contributed by atoms with Crippen molar-refractivity contribution in [3.63, 3.8) is 0 Å². The number of carbonyl (C=O) groups is 1. The molecule has 2 aromatic rings. The molecule has 1 aromatic heterocycles. The minimum Gasteiger partial charge on any atom is -0.508 e. The first-order valence-corrected chi connectivity index (χ1v) is 5.39. The highest BCUT2D eigenvalue weighted by molar-refractivity contribution is 7.14. The monoisotopic (exact) mass is 235 g/mol. The molecule has 1 heterocycles. The van der Waals surface area contributed by atoms with Crippen LogP contribution in [0.1, 0.15) is 10.4 Å². The van der Waals surface area contributed by atoms with Crippen LogP contribution in [0.15, 0.2) is 35.7 Å². The summed E-state index contributed by atoms with van der Waals surface area (Å²) in [6.45, 7) is 0. The summed E-state index contributed by atoms with van der Waals surface area (Å²) >= 11 is 1.28. The predicted octanol–water partition coefficient (Wildman–Crippen LogP) is 2.26. The SMILES string of the molecule is Nc1sccc1C(=O)Oc1ccc(O)cc1. The minimum atomic E-state index is -0.496. The third-order valence-corrected chi connectivity index (χ3v) is 2.71. The number of thiophene rings is 1. The van der Waals surface area contributed by atoms with E-state index < -0.39 is 5.97 Å². The van der Waals surface area contributed by atoms with Crippen molar-refractivity contribution in [3.05, 3.63) is 41.3 Å². The topological polar surface area (TPSA) is 72.6 Å². The van der Waals surface area contributed by atoms with E-state index in [1.54, 1.807) is 11.4 Å². The molecule has 5 heteroatoms. The van der Waals surface area contributed by atoms with Crippen molar-refractivity contribution in [2.24, 2.45) is 0 Å². The zero-order chi connectivity index (χ0) is 11.5. The second kappa shape index (κ2) is 4.24. The van der Waals surface area contributed by atoms with Crippen LogP contribution in [0.4, 0.5) is 5.00 Å². The maximum absolute atomic E-state index is 11.6. The van der Waals surface area contributed by atoms with Crippen LogP contribution in [0.5, 0.6) is 11.5 Å². The number of rotatable bonds is 2. The van der Waals surface area contributed by atoms with Gasteiger partial charge < -0.3 is 15.6 Å². The summed E-state index contributed by atoms with van der Waals surface area (Å²) in [7, 11) is 0. The number of nitrogen functional groups attached to an aromatic ring is 1. The second-order valence-corrected chi connectivity index (χ2v) is 4.03. The van der Waals surface area contributed by atoms with E-state index in [2.05, 4.69) is 0 Å². The molecule has 2 rings (SSSR count). The molecule has 0 aliphatic heterocycles. The lowest BCUT2D eigenvalue weighted by atomic mass is 10.3. The fourth-order valence-corrected chi connectivity index (χ4v) is 1.79. The molecule has 0 radical (unpaired) electrons. The van der Waals surface area contributed by atoms with Gasteiger partial charge in [-0.05, 0) is 35.7 Å². The fraction of sp³-hybridized carbons (Fsp3) is 0. The van der Waals surface area contributed by atoms with Crippen LogP contribution in [0.3, 0.4) is 0 Å². The number of anilines is 1. The third kappa shape index (κ3) is 2.14. The molecular formula is C11H9NO3S. The van der Waals surface area contributed by atoms with Crippen LogP contribution in [-0.4, -0.2) is 11.1 Å². The molecule has 0 unspecified atom stereocenters. The molecule has 0 bridgehead atoms. The maximum Gasteiger partial charge on any atom is 0.346 e. The normalized spacial score (nSPS) is 10.0. The van der Waals surface area contributed by atoms with Gasteiger partial charge in [0.2, 0.25) is 0 Å². The quantitative estimate of drug-likeness (QED) is 0.618. The van der Waals surface area contributed by atoms with Gasteiger partial charge in [-0.1, -0.05) is 0 Å². The largest absolute Gasteiger partial charge is 0.508 e. The Hall–Kier alpha value is -2.01. The van der Waals surface area contributed by atoms with Gasteiger partial charge in [-0.3, -0.25) is 0 Å². The Kier molecular flexibility index (Phi) is 2.78. The third-order valence-electron chi connectivity index (χ3n) is 1.96. The minimum absolute atomic E-state index is 0.120. The average Bonchev–Trinajstić information content (AvgIpc) is 2.68. The van der Waals surface area contributed by atoms with Crippen molar-refractivity contribution in [2.45, 2.75) is 0 Å². The summed E-state index contributed by atoms with van der Waals surface area (Å²) in [5.74, 6) is -0.00677. The van der Waals surface area contributed by atoms with Crippen LogP contribution in [0.2, 0.25) is 0 Å². The molecule has 0 saturated carbocycles. The molecule has 0 fully saturated rings. The summed E-state index contributed by atoms with van der Waals surface area (Å²) < 4.78 is 5.07. The maximum atomic E-state index is 11.6. The highest BCUT2D eigenvalue weighted by atomic mass is 32.1. The first-order chi connectivity index (χ1) is 7.66. The van der Waals surface area contributed by atoms with Crippen molar-refractivity contribution < 1.29 is 14.6 Å². The summed E-state index contributed by atoms with van der Waals surface area (Å²) in [6.07, 6.45) is 0. The van der Waals surface area contributed by atoms with Crippen LogP contribution < -0.4 is 10.5 Å². The summed E-state index contributed by atoms with van der Waals surface area (Å²) in [5, 5.41) is 11.2. The van der Waals surface area contributed by atoms with Crippen LogP contribution in [-0.2, 0) is 0 Å². The van der Waals surface area contributed by atoms with Gasteiger partial charge in [-0.15, -0.1) is 11.3 Å². The van der Waals surface area contributed by atoms with E-state index in [0.29, 0.717) is 16.3 Å². The number of hydrogen-bond donors (Lipinski definition) is 2.